The molecule has 0 radical (unpaired) electrons. The van der Waals surface area contributed by atoms with Gasteiger partial charge >= 0.3 is 0 Å². The van der Waals surface area contributed by atoms with Gasteiger partial charge in [-0.2, -0.15) is 10.4 Å². The van der Waals surface area contributed by atoms with E-state index in [-0.39, 0.29) is 11.4 Å². The van der Waals surface area contributed by atoms with Crippen molar-refractivity contribution in [2.75, 3.05) is 0 Å². The number of rotatable bonds is 4. The first-order valence-corrected chi connectivity index (χ1v) is 8.26. The van der Waals surface area contributed by atoms with Gasteiger partial charge in [-0.15, -0.1) is 0 Å². The van der Waals surface area contributed by atoms with Crippen LogP contribution in [0.3, 0.4) is 0 Å². The molecule has 0 saturated heterocycles. The van der Waals surface area contributed by atoms with Crippen LogP contribution < -0.4 is 0 Å². The van der Waals surface area contributed by atoms with Gasteiger partial charge in [-0.1, -0.05) is 24.3 Å². The molecule has 132 valence electrons. The van der Waals surface area contributed by atoms with Gasteiger partial charge in [-0.05, 0) is 30.3 Å². The number of hydrogen-bond donors (Lipinski definition) is 0. The molecule has 0 spiro atoms. The summed E-state index contributed by atoms with van der Waals surface area (Å²) in [4.78, 5) is 17.3. The maximum atomic E-state index is 13.9. The average Bonchev–Trinajstić information content (AvgIpc) is 3.29. The molecule has 1 unspecified atom stereocenters. The molecule has 1 atom stereocenters. The van der Waals surface area contributed by atoms with E-state index in [1.807, 2.05) is 30.3 Å². The molecule has 7 heteroatoms. The van der Waals surface area contributed by atoms with Crippen LogP contribution in [-0.4, -0.2) is 25.1 Å². The number of para-hydroxylation sites is 3. The number of benzene rings is 2. The summed E-state index contributed by atoms with van der Waals surface area (Å²) in [6.45, 7) is 0. The van der Waals surface area contributed by atoms with Gasteiger partial charge in [0.25, 0.3) is 0 Å². The van der Waals surface area contributed by atoms with E-state index in [4.69, 9.17) is 0 Å². The van der Waals surface area contributed by atoms with Gasteiger partial charge in [0.2, 0.25) is 5.78 Å². The summed E-state index contributed by atoms with van der Waals surface area (Å²) in [5, 5.41) is 13.8. The van der Waals surface area contributed by atoms with E-state index in [2.05, 4.69) is 10.1 Å². The fraction of sp³-hybridized carbons (Fsp3) is 0.100. The first-order valence-electron chi connectivity index (χ1n) is 8.26. The number of ketones is 1. The number of nitriles is 1. The van der Waals surface area contributed by atoms with Crippen molar-refractivity contribution >= 4 is 16.8 Å². The molecule has 2 aromatic carbocycles. The minimum atomic E-state index is -1.11. The SMILES string of the molecule is Cn1c(C(C#N)C(=O)c2ccn(-c3ccccc3F)n2)nc2ccccc21. The zero-order chi connectivity index (χ0) is 19.0. The summed E-state index contributed by atoms with van der Waals surface area (Å²) in [6, 6.07) is 17.0. The quantitative estimate of drug-likeness (QED) is 0.523. The monoisotopic (exact) mass is 359 g/mol. The zero-order valence-electron chi connectivity index (χ0n) is 14.4. The summed E-state index contributed by atoms with van der Waals surface area (Å²) in [7, 11) is 1.76. The van der Waals surface area contributed by atoms with Crippen LogP contribution in [0, 0.1) is 17.1 Å². The zero-order valence-corrected chi connectivity index (χ0v) is 14.4. The summed E-state index contributed by atoms with van der Waals surface area (Å²) >= 11 is 0. The number of Topliss-reactive ketones (excluding diaryl/α,β-unsaturated/α-hetero) is 1. The summed E-state index contributed by atoms with van der Waals surface area (Å²) in [5.74, 6) is -1.69. The Kier molecular flexibility index (Phi) is 4.01. The highest BCUT2D eigenvalue weighted by Gasteiger charge is 2.28. The Morgan fingerprint density at radius 1 is 1.15 bits per heavy atom. The molecule has 0 amide bonds. The number of carbonyl (C=O) groups is 1. The second kappa shape index (κ2) is 6.50. The molecule has 0 saturated carbocycles. The van der Waals surface area contributed by atoms with E-state index in [0.717, 1.165) is 5.52 Å². The lowest BCUT2D eigenvalue weighted by molar-refractivity contribution is 0.0970. The van der Waals surface area contributed by atoms with Crippen LogP contribution in [0.15, 0.2) is 60.8 Å². The van der Waals surface area contributed by atoms with Crippen molar-refractivity contribution in [1.29, 1.82) is 5.26 Å². The van der Waals surface area contributed by atoms with Gasteiger partial charge in [-0.3, -0.25) is 4.79 Å². The van der Waals surface area contributed by atoms with Crippen molar-refractivity contribution in [3.63, 3.8) is 0 Å². The van der Waals surface area contributed by atoms with Crippen LogP contribution in [0.2, 0.25) is 0 Å². The molecule has 0 aliphatic heterocycles. The molecule has 0 bridgehead atoms. The standard InChI is InChI=1S/C20H14FN5O/c1-25-18-9-5-3-7-15(18)23-20(25)13(12-22)19(27)16-10-11-26(24-16)17-8-4-2-6-14(17)21/h2-11,13H,1H3. The number of fused-ring (bicyclic) bond motifs is 1. The van der Waals surface area contributed by atoms with Gasteiger partial charge in [-0.25, -0.2) is 14.1 Å². The molecule has 0 aliphatic carbocycles. The van der Waals surface area contributed by atoms with Gasteiger partial charge in [0.1, 0.15) is 23.0 Å². The Morgan fingerprint density at radius 2 is 1.89 bits per heavy atom. The van der Waals surface area contributed by atoms with Crippen molar-refractivity contribution in [1.82, 2.24) is 19.3 Å². The van der Waals surface area contributed by atoms with Crippen molar-refractivity contribution < 1.29 is 9.18 Å². The van der Waals surface area contributed by atoms with E-state index in [1.54, 1.807) is 29.8 Å². The molecule has 6 nitrogen and oxygen atoms in total. The Bertz CT molecular complexity index is 1200. The number of aromatic nitrogens is 4. The highest BCUT2D eigenvalue weighted by Crippen LogP contribution is 2.24. The molecule has 4 rings (SSSR count). The molecule has 2 aromatic heterocycles. The second-order valence-electron chi connectivity index (χ2n) is 6.04. The van der Waals surface area contributed by atoms with Crippen molar-refractivity contribution in [2.45, 2.75) is 5.92 Å². The molecule has 0 N–H and O–H groups in total. The number of imidazole rings is 1. The fourth-order valence-corrected chi connectivity index (χ4v) is 3.03. The fourth-order valence-electron chi connectivity index (χ4n) is 3.03. The van der Waals surface area contributed by atoms with Crippen LogP contribution >= 0.6 is 0 Å². The largest absolute Gasteiger partial charge is 0.330 e. The van der Waals surface area contributed by atoms with Crippen LogP contribution in [0.5, 0.6) is 0 Å². The molecule has 0 aliphatic rings. The molecule has 2 heterocycles. The minimum Gasteiger partial charge on any atom is -0.330 e. The van der Waals surface area contributed by atoms with Gasteiger partial charge in [0, 0.05) is 13.2 Å². The highest BCUT2D eigenvalue weighted by molar-refractivity contribution is 6.01. The molecule has 0 fully saturated rings. The smallest absolute Gasteiger partial charge is 0.207 e. The number of hydrogen-bond acceptors (Lipinski definition) is 4. The maximum absolute atomic E-state index is 13.9. The molecule has 4 aromatic rings. The van der Waals surface area contributed by atoms with E-state index < -0.39 is 17.5 Å². The van der Waals surface area contributed by atoms with E-state index >= 15 is 0 Å². The Hall–Kier alpha value is -3.79. The van der Waals surface area contributed by atoms with Crippen LogP contribution in [0.4, 0.5) is 4.39 Å². The Morgan fingerprint density at radius 3 is 2.63 bits per heavy atom. The van der Waals surface area contributed by atoms with E-state index in [1.165, 1.54) is 23.0 Å². The average molecular weight is 359 g/mol. The first kappa shape index (κ1) is 16.7. The molecular formula is C20H14FN5O. The molecular weight excluding hydrogens is 345 g/mol. The topological polar surface area (TPSA) is 76.5 Å². The lowest BCUT2D eigenvalue weighted by atomic mass is 10.0. The van der Waals surface area contributed by atoms with Crippen molar-refractivity contribution in [3.05, 3.63) is 78.1 Å². The second-order valence-corrected chi connectivity index (χ2v) is 6.04. The van der Waals surface area contributed by atoms with Gasteiger partial charge < -0.3 is 4.57 Å². The lowest BCUT2D eigenvalue weighted by Gasteiger charge is -2.07. The van der Waals surface area contributed by atoms with E-state index in [0.29, 0.717) is 11.3 Å². The number of carbonyl (C=O) groups excluding carboxylic acids is 1. The van der Waals surface area contributed by atoms with Crippen LogP contribution in [0.1, 0.15) is 22.2 Å². The van der Waals surface area contributed by atoms with Crippen molar-refractivity contribution in [2.24, 2.45) is 7.05 Å². The third-order valence-corrected chi connectivity index (χ3v) is 4.41. The third-order valence-electron chi connectivity index (χ3n) is 4.41. The summed E-state index contributed by atoms with van der Waals surface area (Å²) < 4.78 is 16.9. The maximum Gasteiger partial charge on any atom is 0.207 e. The van der Waals surface area contributed by atoms with Crippen LogP contribution in [-0.2, 0) is 7.05 Å². The number of halogens is 1. The Labute approximate surface area is 154 Å². The molecule has 27 heavy (non-hydrogen) atoms. The lowest BCUT2D eigenvalue weighted by Crippen LogP contribution is -2.16. The summed E-state index contributed by atoms with van der Waals surface area (Å²) in [6.07, 6.45) is 1.50. The highest BCUT2D eigenvalue weighted by atomic mass is 19.1. The Balaban J connectivity index is 1.72. The van der Waals surface area contributed by atoms with E-state index in [9.17, 15) is 14.4 Å². The number of aryl methyl sites for hydroxylation is 1. The van der Waals surface area contributed by atoms with Crippen molar-refractivity contribution in [3.8, 4) is 11.8 Å². The van der Waals surface area contributed by atoms with Gasteiger partial charge in [0.15, 0.2) is 5.92 Å². The first-order chi connectivity index (χ1) is 13.1. The minimum absolute atomic E-state index is 0.0804. The predicted molar refractivity (Wildman–Crippen MR) is 96.9 cm³/mol. The predicted octanol–water partition coefficient (Wildman–Crippen LogP) is 3.39. The normalized spacial score (nSPS) is 12.0. The summed E-state index contributed by atoms with van der Waals surface area (Å²) in [5.41, 5.74) is 1.85. The van der Waals surface area contributed by atoms with Gasteiger partial charge in [0.05, 0.1) is 17.1 Å². The van der Waals surface area contributed by atoms with Crippen LogP contribution in [0.25, 0.3) is 16.7 Å². The number of nitrogens with zero attached hydrogens (tertiary/aromatic N) is 5. The third kappa shape index (κ3) is 2.77.